The first-order valence-electron chi connectivity index (χ1n) is 5.30. The summed E-state index contributed by atoms with van der Waals surface area (Å²) in [5.41, 5.74) is 0. The first-order chi connectivity index (χ1) is 8.15. The third-order valence-electron chi connectivity index (χ3n) is 2.49. The molecule has 0 radical (unpaired) electrons. The molecule has 1 atom stereocenters. The highest BCUT2D eigenvalue weighted by molar-refractivity contribution is 7.10. The minimum Gasteiger partial charge on any atom is -0.344 e. The molecule has 1 aliphatic rings. The number of carbonyl (C=O) groups excluding carboxylic acids is 3. The topological polar surface area (TPSA) is 75.3 Å². The first kappa shape index (κ1) is 11.8. The molecule has 3 amide bonds. The molecule has 90 valence electrons. The molecule has 2 rings (SSSR count). The molecule has 1 unspecified atom stereocenters. The predicted molar refractivity (Wildman–Crippen MR) is 62.3 cm³/mol. The molecule has 17 heavy (non-hydrogen) atoms. The number of imide groups is 1. The van der Waals surface area contributed by atoms with Gasteiger partial charge in [-0.15, -0.1) is 11.3 Å². The van der Waals surface area contributed by atoms with Crippen LogP contribution in [0.1, 0.15) is 17.7 Å². The van der Waals surface area contributed by atoms with Crippen LogP contribution in [-0.2, 0) is 20.8 Å². The lowest BCUT2D eigenvalue weighted by Gasteiger charge is -2.21. The highest BCUT2D eigenvalue weighted by Crippen LogP contribution is 2.10. The Morgan fingerprint density at radius 1 is 1.53 bits per heavy atom. The summed E-state index contributed by atoms with van der Waals surface area (Å²) < 4.78 is 0. The van der Waals surface area contributed by atoms with E-state index in [1.807, 2.05) is 17.5 Å². The van der Waals surface area contributed by atoms with Gasteiger partial charge in [-0.05, 0) is 17.9 Å². The Bertz CT molecular complexity index is 442. The highest BCUT2D eigenvalue weighted by atomic mass is 32.1. The van der Waals surface area contributed by atoms with Crippen molar-refractivity contribution in [3.8, 4) is 0 Å². The number of amides is 3. The van der Waals surface area contributed by atoms with E-state index in [0.29, 0.717) is 6.42 Å². The van der Waals surface area contributed by atoms with E-state index in [1.54, 1.807) is 0 Å². The van der Waals surface area contributed by atoms with Gasteiger partial charge in [-0.2, -0.15) is 0 Å². The summed E-state index contributed by atoms with van der Waals surface area (Å²) in [7, 11) is 0. The van der Waals surface area contributed by atoms with Gasteiger partial charge in [-0.1, -0.05) is 6.07 Å². The average molecular weight is 252 g/mol. The van der Waals surface area contributed by atoms with Gasteiger partial charge in [0.15, 0.2) is 0 Å². The maximum Gasteiger partial charge on any atom is 0.249 e. The first-order valence-corrected chi connectivity index (χ1v) is 6.18. The van der Waals surface area contributed by atoms with Gasteiger partial charge in [-0.25, -0.2) is 0 Å². The van der Waals surface area contributed by atoms with E-state index in [9.17, 15) is 14.4 Å². The Kier molecular flexibility index (Phi) is 3.53. The van der Waals surface area contributed by atoms with Gasteiger partial charge in [0.25, 0.3) is 0 Å². The van der Waals surface area contributed by atoms with Crippen molar-refractivity contribution in [2.24, 2.45) is 0 Å². The largest absolute Gasteiger partial charge is 0.344 e. The van der Waals surface area contributed by atoms with Gasteiger partial charge in [0, 0.05) is 11.3 Å². The minimum atomic E-state index is -0.583. The van der Waals surface area contributed by atoms with E-state index in [4.69, 9.17) is 0 Å². The molecule has 1 aromatic heterocycles. The normalized spacial score (nSPS) is 19.9. The molecule has 1 aliphatic heterocycles. The van der Waals surface area contributed by atoms with Crippen molar-refractivity contribution in [3.05, 3.63) is 22.4 Å². The molecule has 5 nitrogen and oxygen atoms in total. The second-order valence-electron chi connectivity index (χ2n) is 3.83. The average Bonchev–Trinajstić information content (AvgIpc) is 2.75. The number of carbonyl (C=O) groups is 3. The summed E-state index contributed by atoms with van der Waals surface area (Å²) in [6.07, 6.45) is 0.923. The molecule has 2 N–H and O–H groups in total. The van der Waals surface area contributed by atoms with Crippen molar-refractivity contribution >= 4 is 29.1 Å². The number of hydrogen-bond acceptors (Lipinski definition) is 4. The van der Waals surface area contributed by atoms with E-state index in [0.717, 1.165) is 4.88 Å². The molecular weight excluding hydrogens is 240 g/mol. The number of thiophene rings is 1. The zero-order valence-electron chi connectivity index (χ0n) is 9.06. The van der Waals surface area contributed by atoms with Gasteiger partial charge in [0.2, 0.25) is 17.7 Å². The van der Waals surface area contributed by atoms with Crippen molar-refractivity contribution in [2.75, 3.05) is 0 Å². The van der Waals surface area contributed by atoms with E-state index < -0.39 is 11.9 Å². The molecule has 0 spiro atoms. The summed E-state index contributed by atoms with van der Waals surface area (Å²) in [4.78, 5) is 34.9. The Hall–Kier alpha value is -1.69. The van der Waals surface area contributed by atoms with Crippen molar-refractivity contribution in [1.82, 2.24) is 10.6 Å². The van der Waals surface area contributed by atoms with Gasteiger partial charge in [-0.3, -0.25) is 19.7 Å². The number of nitrogens with one attached hydrogen (secondary N) is 2. The quantitative estimate of drug-likeness (QED) is 0.755. The maximum absolute atomic E-state index is 11.6. The van der Waals surface area contributed by atoms with Crippen LogP contribution in [0.5, 0.6) is 0 Å². The van der Waals surface area contributed by atoms with Crippen LogP contribution in [-0.4, -0.2) is 23.8 Å². The smallest absolute Gasteiger partial charge is 0.249 e. The van der Waals surface area contributed by atoms with E-state index >= 15 is 0 Å². The van der Waals surface area contributed by atoms with Crippen molar-refractivity contribution < 1.29 is 14.4 Å². The van der Waals surface area contributed by atoms with Crippen LogP contribution >= 0.6 is 11.3 Å². The molecule has 0 saturated carbocycles. The van der Waals surface area contributed by atoms with E-state index in [1.165, 1.54) is 11.3 Å². The Labute approximate surface area is 102 Å². The Balaban J connectivity index is 1.86. The van der Waals surface area contributed by atoms with Crippen LogP contribution in [0, 0.1) is 0 Å². The lowest BCUT2D eigenvalue weighted by atomic mass is 10.1. The van der Waals surface area contributed by atoms with Gasteiger partial charge < -0.3 is 5.32 Å². The number of hydrogen-bond donors (Lipinski definition) is 2. The zero-order chi connectivity index (χ0) is 12.3. The van der Waals surface area contributed by atoms with E-state index in [-0.39, 0.29) is 24.7 Å². The summed E-state index contributed by atoms with van der Waals surface area (Å²) in [5, 5.41) is 6.73. The van der Waals surface area contributed by atoms with Crippen molar-refractivity contribution in [3.63, 3.8) is 0 Å². The predicted octanol–water partition coefficient (Wildman–Crippen LogP) is 0.212. The molecule has 0 bridgehead atoms. The fraction of sp³-hybridized carbons (Fsp3) is 0.364. The molecule has 1 aromatic rings. The monoisotopic (exact) mass is 252 g/mol. The zero-order valence-corrected chi connectivity index (χ0v) is 9.88. The van der Waals surface area contributed by atoms with Crippen LogP contribution in [0.2, 0.25) is 0 Å². The number of piperidine rings is 1. The fourth-order valence-corrected chi connectivity index (χ4v) is 2.35. The van der Waals surface area contributed by atoms with Crippen molar-refractivity contribution in [2.45, 2.75) is 25.3 Å². The second kappa shape index (κ2) is 5.09. The molecule has 0 aromatic carbocycles. The standard InChI is InChI=1S/C11H12N2O3S/c14-9-4-3-8(11(16)13-9)12-10(15)6-7-2-1-5-17-7/h1-2,5,8H,3-4,6H2,(H,12,15)(H,13,14,16). The molecule has 2 heterocycles. The van der Waals surface area contributed by atoms with Crippen LogP contribution in [0.4, 0.5) is 0 Å². The third-order valence-corrected chi connectivity index (χ3v) is 3.37. The van der Waals surface area contributed by atoms with Crippen LogP contribution in [0.3, 0.4) is 0 Å². The summed E-state index contributed by atoms with van der Waals surface area (Å²) in [6.45, 7) is 0. The molecular formula is C11H12N2O3S. The SMILES string of the molecule is O=C1CCC(NC(=O)Cc2cccs2)C(=O)N1. The molecule has 0 aliphatic carbocycles. The van der Waals surface area contributed by atoms with Crippen LogP contribution < -0.4 is 10.6 Å². The molecule has 1 saturated heterocycles. The van der Waals surface area contributed by atoms with Gasteiger partial charge >= 0.3 is 0 Å². The Morgan fingerprint density at radius 2 is 2.35 bits per heavy atom. The second-order valence-corrected chi connectivity index (χ2v) is 4.86. The highest BCUT2D eigenvalue weighted by Gasteiger charge is 2.27. The van der Waals surface area contributed by atoms with Crippen molar-refractivity contribution in [1.29, 1.82) is 0 Å². The van der Waals surface area contributed by atoms with E-state index in [2.05, 4.69) is 10.6 Å². The number of rotatable bonds is 3. The lowest BCUT2D eigenvalue weighted by Crippen LogP contribution is -2.52. The molecule has 1 fully saturated rings. The molecule has 6 heteroatoms. The maximum atomic E-state index is 11.6. The lowest BCUT2D eigenvalue weighted by molar-refractivity contribution is -0.137. The van der Waals surface area contributed by atoms with Gasteiger partial charge in [0.1, 0.15) is 6.04 Å². The van der Waals surface area contributed by atoms with Crippen LogP contribution in [0.25, 0.3) is 0 Å². The van der Waals surface area contributed by atoms with Gasteiger partial charge in [0.05, 0.1) is 6.42 Å². The summed E-state index contributed by atoms with van der Waals surface area (Å²) in [5.74, 6) is -0.888. The summed E-state index contributed by atoms with van der Waals surface area (Å²) >= 11 is 1.50. The van der Waals surface area contributed by atoms with Crippen LogP contribution in [0.15, 0.2) is 17.5 Å². The fourth-order valence-electron chi connectivity index (χ4n) is 1.65. The third kappa shape index (κ3) is 3.13. The minimum absolute atomic E-state index is 0.193. The Morgan fingerprint density at radius 3 is 3.00 bits per heavy atom. The summed E-state index contributed by atoms with van der Waals surface area (Å²) in [6, 6.07) is 3.16.